The van der Waals surface area contributed by atoms with Crippen molar-refractivity contribution in [1.29, 1.82) is 0 Å². The van der Waals surface area contributed by atoms with Crippen molar-refractivity contribution in [2.45, 2.75) is 92.8 Å². The van der Waals surface area contributed by atoms with Gasteiger partial charge in [-0.2, -0.15) is 0 Å². The summed E-state index contributed by atoms with van der Waals surface area (Å²) >= 11 is 0. The van der Waals surface area contributed by atoms with Gasteiger partial charge in [0.05, 0.1) is 5.60 Å². The lowest BCUT2D eigenvalue weighted by atomic mass is 9.84. The molecule has 116 valence electrons. The van der Waals surface area contributed by atoms with Crippen molar-refractivity contribution in [2.75, 3.05) is 0 Å². The first kappa shape index (κ1) is 19.2. The van der Waals surface area contributed by atoms with Gasteiger partial charge in [0.2, 0.25) is 0 Å². The molecule has 0 amide bonds. The quantitative estimate of drug-likeness (QED) is 0.588. The van der Waals surface area contributed by atoms with Gasteiger partial charge in [-0.15, -0.1) is 0 Å². The van der Waals surface area contributed by atoms with E-state index in [1.165, 1.54) is 0 Å². The standard InChI is InChI=1S/C16H35O2P/c1-13(2,3)11-15(7,8)18-19(17)16(9,10)12-14(4,5)6/h19H,11-12H2,1-10H3. The SMILES string of the molecule is CC(C)(C)CC(C)(C)O[PH](=O)C(C)(C)CC(C)(C)C. The van der Waals surface area contributed by atoms with E-state index in [9.17, 15) is 4.57 Å². The van der Waals surface area contributed by atoms with Gasteiger partial charge < -0.3 is 4.52 Å². The Morgan fingerprint density at radius 3 is 1.42 bits per heavy atom. The van der Waals surface area contributed by atoms with Crippen molar-refractivity contribution < 1.29 is 9.09 Å². The maximum Gasteiger partial charge on any atom is 0.197 e. The Hall–Kier alpha value is 0.190. The van der Waals surface area contributed by atoms with Crippen molar-refractivity contribution in [2.24, 2.45) is 10.8 Å². The number of hydrogen-bond donors (Lipinski definition) is 0. The fourth-order valence-electron chi connectivity index (χ4n) is 3.10. The molecule has 0 bridgehead atoms. The van der Waals surface area contributed by atoms with Gasteiger partial charge in [-0.25, -0.2) is 0 Å². The van der Waals surface area contributed by atoms with Crippen molar-refractivity contribution in [3.05, 3.63) is 0 Å². The van der Waals surface area contributed by atoms with Gasteiger partial charge in [-0.05, 0) is 37.5 Å². The Labute approximate surface area is 121 Å². The van der Waals surface area contributed by atoms with Gasteiger partial charge in [-0.3, -0.25) is 4.57 Å². The van der Waals surface area contributed by atoms with E-state index in [2.05, 4.69) is 55.4 Å². The third kappa shape index (κ3) is 8.87. The summed E-state index contributed by atoms with van der Waals surface area (Å²) in [7, 11) is -2.08. The highest BCUT2D eigenvalue weighted by molar-refractivity contribution is 7.41. The summed E-state index contributed by atoms with van der Waals surface area (Å²) in [5.41, 5.74) is 0.0185. The molecule has 0 saturated carbocycles. The van der Waals surface area contributed by atoms with Crippen LogP contribution in [0.1, 0.15) is 82.1 Å². The van der Waals surface area contributed by atoms with Crippen LogP contribution in [0.2, 0.25) is 0 Å². The minimum atomic E-state index is -2.08. The highest BCUT2D eigenvalue weighted by Gasteiger charge is 2.36. The fraction of sp³-hybridized carbons (Fsp3) is 1.00. The Morgan fingerprint density at radius 2 is 1.11 bits per heavy atom. The van der Waals surface area contributed by atoms with Crippen LogP contribution in [0.3, 0.4) is 0 Å². The molecule has 0 saturated heterocycles. The molecule has 0 N–H and O–H groups in total. The minimum absolute atomic E-state index is 0.168. The zero-order chi connectivity index (χ0) is 15.7. The topological polar surface area (TPSA) is 26.3 Å². The van der Waals surface area contributed by atoms with E-state index in [0.29, 0.717) is 0 Å². The Morgan fingerprint density at radius 1 is 0.737 bits per heavy atom. The zero-order valence-electron chi connectivity index (χ0n) is 14.7. The van der Waals surface area contributed by atoms with Gasteiger partial charge in [0, 0.05) is 5.16 Å². The first-order valence-electron chi connectivity index (χ1n) is 7.28. The van der Waals surface area contributed by atoms with Gasteiger partial charge in [0.25, 0.3) is 0 Å². The van der Waals surface area contributed by atoms with Crippen molar-refractivity contribution in [3.8, 4) is 0 Å². The second-order valence-corrected chi connectivity index (χ2v) is 11.6. The summed E-state index contributed by atoms with van der Waals surface area (Å²) < 4.78 is 18.6. The van der Waals surface area contributed by atoms with Crippen molar-refractivity contribution in [3.63, 3.8) is 0 Å². The van der Waals surface area contributed by atoms with Crippen LogP contribution >= 0.6 is 8.03 Å². The van der Waals surface area contributed by atoms with Crippen LogP contribution < -0.4 is 0 Å². The van der Waals surface area contributed by atoms with E-state index in [1.54, 1.807) is 0 Å². The van der Waals surface area contributed by atoms with Gasteiger partial charge >= 0.3 is 0 Å². The minimum Gasteiger partial charge on any atom is -0.324 e. The summed E-state index contributed by atoms with van der Waals surface area (Å²) in [5, 5.41) is -0.252. The third-order valence-corrected chi connectivity index (χ3v) is 4.87. The van der Waals surface area contributed by atoms with E-state index in [0.717, 1.165) is 12.8 Å². The molecule has 2 nitrogen and oxygen atoms in total. The van der Waals surface area contributed by atoms with Crippen LogP contribution in [-0.2, 0) is 9.09 Å². The molecule has 0 aliphatic rings. The van der Waals surface area contributed by atoms with Crippen LogP contribution in [0.5, 0.6) is 0 Å². The summed E-state index contributed by atoms with van der Waals surface area (Å²) in [6.45, 7) is 21.3. The Kier molecular flexibility index (Phi) is 5.96. The normalized spacial score (nSPS) is 16.5. The van der Waals surface area contributed by atoms with Crippen LogP contribution in [0, 0.1) is 10.8 Å². The maximum atomic E-state index is 12.6. The summed E-state index contributed by atoms with van der Waals surface area (Å²) in [6, 6.07) is 0. The molecule has 0 rings (SSSR count). The molecule has 0 fully saturated rings. The second kappa shape index (κ2) is 5.90. The predicted octanol–water partition coefficient (Wildman–Crippen LogP) is 5.91. The Bertz CT molecular complexity index is 317. The summed E-state index contributed by atoms with van der Waals surface area (Å²) in [4.78, 5) is 0. The molecule has 0 aromatic rings. The zero-order valence-corrected chi connectivity index (χ0v) is 15.7. The molecule has 0 aromatic carbocycles. The molecule has 0 radical (unpaired) electrons. The molecule has 19 heavy (non-hydrogen) atoms. The average molecular weight is 290 g/mol. The van der Waals surface area contributed by atoms with Crippen molar-refractivity contribution in [1.82, 2.24) is 0 Å². The van der Waals surface area contributed by atoms with Crippen LogP contribution in [0.4, 0.5) is 0 Å². The molecule has 0 aliphatic carbocycles. The summed E-state index contributed by atoms with van der Waals surface area (Å²) in [5.74, 6) is 0. The van der Waals surface area contributed by atoms with E-state index in [1.807, 2.05) is 13.8 Å². The molecular formula is C16H35O2P. The lowest BCUT2D eigenvalue weighted by Crippen LogP contribution is -2.31. The largest absolute Gasteiger partial charge is 0.324 e. The van der Waals surface area contributed by atoms with Gasteiger partial charge in [0.15, 0.2) is 8.03 Å². The highest BCUT2D eigenvalue weighted by Crippen LogP contribution is 2.50. The molecule has 3 heteroatoms. The van der Waals surface area contributed by atoms with E-state index in [-0.39, 0.29) is 21.6 Å². The molecular weight excluding hydrogens is 255 g/mol. The fourth-order valence-corrected chi connectivity index (χ4v) is 4.63. The lowest BCUT2D eigenvalue weighted by Gasteiger charge is -2.37. The van der Waals surface area contributed by atoms with Crippen LogP contribution in [-0.4, -0.2) is 10.8 Å². The van der Waals surface area contributed by atoms with E-state index >= 15 is 0 Å². The smallest absolute Gasteiger partial charge is 0.197 e. The van der Waals surface area contributed by atoms with Crippen LogP contribution in [0.25, 0.3) is 0 Å². The number of hydrogen-bond acceptors (Lipinski definition) is 2. The lowest BCUT2D eigenvalue weighted by molar-refractivity contribution is 0.0660. The van der Waals surface area contributed by atoms with Crippen molar-refractivity contribution >= 4 is 8.03 Å². The Balaban J connectivity index is 4.76. The van der Waals surface area contributed by atoms with Crippen LogP contribution in [0.15, 0.2) is 0 Å². The molecule has 0 aliphatic heterocycles. The number of rotatable bonds is 5. The first-order chi connectivity index (χ1) is 8.04. The summed E-state index contributed by atoms with van der Waals surface area (Å²) in [6.07, 6.45) is 1.81. The second-order valence-electron chi connectivity index (χ2n) is 9.51. The third-order valence-electron chi connectivity index (χ3n) is 2.85. The molecule has 0 heterocycles. The highest BCUT2D eigenvalue weighted by atomic mass is 31.1. The maximum absolute atomic E-state index is 12.6. The van der Waals surface area contributed by atoms with E-state index < -0.39 is 8.03 Å². The van der Waals surface area contributed by atoms with E-state index in [4.69, 9.17) is 4.52 Å². The average Bonchev–Trinajstić information content (AvgIpc) is 1.91. The molecule has 0 spiro atoms. The van der Waals surface area contributed by atoms with Gasteiger partial charge in [0.1, 0.15) is 0 Å². The molecule has 0 aromatic heterocycles. The molecule has 1 unspecified atom stereocenters. The molecule has 1 atom stereocenters. The van der Waals surface area contributed by atoms with Gasteiger partial charge in [-0.1, -0.05) is 55.4 Å². The predicted molar refractivity (Wildman–Crippen MR) is 86.4 cm³/mol. The first-order valence-corrected chi connectivity index (χ1v) is 8.59. The monoisotopic (exact) mass is 290 g/mol.